The summed E-state index contributed by atoms with van der Waals surface area (Å²) in [5.41, 5.74) is 7.93. The lowest BCUT2D eigenvalue weighted by atomic mass is 10.1. The molecule has 0 saturated carbocycles. The van der Waals surface area contributed by atoms with E-state index < -0.39 is 0 Å². The molecule has 1 atom stereocenters. The number of aliphatic hydroxyl groups excluding tert-OH is 1. The summed E-state index contributed by atoms with van der Waals surface area (Å²) in [6.07, 6.45) is 0.670. The SMILES string of the molecule is Cl.NC(CO)Cc1ccc(OCc2ccc(Br)cc2)cc1. The summed E-state index contributed by atoms with van der Waals surface area (Å²) in [5.74, 6) is 0.828. The Balaban J connectivity index is 0.00000220. The van der Waals surface area contributed by atoms with Crippen LogP contribution in [0.15, 0.2) is 53.0 Å². The van der Waals surface area contributed by atoms with Gasteiger partial charge in [0, 0.05) is 10.5 Å². The molecule has 3 nitrogen and oxygen atoms in total. The van der Waals surface area contributed by atoms with Crippen molar-refractivity contribution in [2.45, 2.75) is 19.1 Å². The molecule has 0 heterocycles. The monoisotopic (exact) mass is 371 g/mol. The highest BCUT2D eigenvalue weighted by atomic mass is 79.9. The Labute approximate surface area is 139 Å². The summed E-state index contributed by atoms with van der Waals surface area (Å²) < 4.78 is 6.78. The Kier molecular flexibility index (Phi) is 7.75. The molecule has 114 valence electrons. The normalized spacial score (nSPS) is 11.6. The minimum absolute atomic E-state index is 0. The van der Waals surface area contributed by atoms with Crippen LogP contribution < -0.4 is 10.5 Å². The van der Waals surface area contributed by atoms with Crippen LogP contribution in [0.5, 0.6) is 5.75 Å². The molecule has 2 aromatic rings. The fourth-order valence-electron chi connectivity index (χ4n) is 1.84. The van der Waals surface area contributed by atoms with Crippen molar-refractivity contribution < 1.29 is 9.84 Å². The molecule has 0 saturated heterocycles. The number of halogens is 2. The molecular formula is C16H19BrClNO2. The minimum atomic E-state index is -0.204. The number of rotatable bonds is 6. The number of hydrogen-bond donors (Lipinski definition) is 2. The van der Waals surface area contributed by atoms with Crippen molar-refractivity contribution in [2.75, 3.05) is 6.61 Å². The van der Waals surface area contributed by atoms with Gasteiger partial charge in [-0.1, -0.05) is 40.2 Å². The molecule has 0 aliphatic rings. The van der Waals surface area contributed by atoms with Gasteiger partial charge in [0.15, 0.2) is 0 Å². The van der Waals surface area contributed by atoms with Crippen molar-refractivity contribution in [2.24, 2.45) is 5.73 Å². The van der Waals surface area contributed by atoms with Crippen molar-refractivity contribution in [1.82, 2.24) is 0 Å². The molecule has 0 fully saturated rings. The number of hydrogen-bond acceptors (Lipinski definition) is 3. The Hall–Kier alpha value is -1.07. The van der Waals surface area contributed by atoms with Crippen LogP contribution in [0.25, 0.3) is 0 Å². The predicted molar refractivity (Wildman–Crippen MR) is 90.9 cm³/mol. The van der Waals surface area contributed by atoms with Gasteiger partial charge in [-0.3, -0.25) is 0 Å². The molecule has 0 spiro atoms. The zero-order chi connectivity index (χ0) is 14.4. The molecule has 0 aromatic heterocycles. The molecule has 2 rings (SSSR count). The maximum Gasteiger partial charge on any atom is 0.119 e. The number of nitrogens with two attached hydrogens (primary N) is 1. The molecule has 0 bridgehead atoms. The van der Waals surface area contributed by atoms with Crippen LogP contribution >= 0.6 is 28.3 Å². The van der Waals surface area contributed by atoms with Gasteiger partial charge in [0.1, 0.15) is 12.4 Å². The van der Waals surface area contributed by atoms with Gasteiger partial charge in [0.2, 0.25) is 0 Å². The maximum atomic E-state index is 8.93. The second-order valence-corrected chi connectivity index (χ2v) is 5.62. The standard InChI is InChI=1S/C16H18BrNO2.ClH/c17-14-5-1-13(2-6-14)11-20-16-7-3-12(4-8-16)9-15(18)10-19;/h1-8,15,19H,9-11,18H2;1H. The zero-order valence-corrected chi connectivity index (χ0v) is 13.9. The predicted octanol–water partition coefficient (Wildman–Crippen LogP) is 3.31. The summed E-state index contributed by atoms with van der Waals surface area (Å²) in [7, 11) is 0. The summed E-state index contributed by atoms with van der Waals surface area (Å²) in [4.78, 5) is 0. The van der Waals surface area contributed by atoms with Gasteiger partial charge < -0.3 is 15.6 Å². The number of aliphatic hydroxyl groups is 1. The molecule has 2 aromatic carbocycles. The van der Waals surface area contributed by atoms with Gasteiger partial charge in [-0.2, -0.15) is 0 Å². The smallest absolute Gasteiger partial charge is 0.119 e. The van der Waals surface area contributed by atoms with Gasteiger partial charge >= 0.3 is 0 Å². The van der Waals surface area contributed by atoms with E-state index in [0.29, 0.717) is 13.0 Å². The lowest BCUT2D eigenvalue weighted by Gasteiger charge is -2.10. The molecule has 0 aliphatic carbocycles. The van der Waals surface area contributed by atoms with Crippen LogP contribution in [-0.4, -0.2) is 17.8 Å². The Morgan fingerprint density at radius 1 is 1.00 bits per heavy atom. The van der Waals surface area contributed by atoms with Crippen LogP contribution in [0, 0.1) is 0 Å². The van der Waals surface area contributed by atoms with Gasteiger partial charge in [-0.25, -0.2) is 0 Å². The Morgan fingerprint density at radius 2 is 1.57 bits per heavy atom. The van der Waals surface area contributed by atoms with E-state index in [0.717, 1.165) is 21.3 Å². The number of ether oxygens (including phenoxy) is 1. The van der Waals surface area contributed by atoms with E-state index in [9.17, 15) is 0 Å². The van der Waals surface area contributed by atoms with Crippen molar-refractivity contribution in [1.29, 1.82) is 0 Å². The first-order valence-electron chi connectivity index (χ1n) is 6.50. The maximum absolute atomic E-state index is 8.93. The second-order valence-electron chi connectivity index (χ2n) is 4.71. The van der Waals surface area contributed by atoms with Crippen LogP contribution in [0.4, 0.5) is 0 Å². The Morgan fingerprint density at radius 3 is 2.14 bits per heavy atom. The van der Waals surface area contributed by atoms with Gasteiger partial charge in [0.25, 0.3) is 0 Å². The first kappa shape index (κ1) is 18.0. The van der Waals surface area contributed by atoms with E-state index in [1.54, 1.807) is 0 Å². The van der Waals surface area contributed by atoms with Gasteiger partial charge in [-0.15, -0.1) is 12.4 Å². The van der Waals surface area contributed by atoms with E-state index in [1.165, 1.54) is 0 Å². The fourth-order valence-corrected chi connectivity index (χ4v) is 2.10. The first-order valence-corrected chi connectivity index (χ1v) is 7.29. The topological polar surface area (TPSA) is 55.5 Å². The molecule has 3 N–H and O–H groups in total. The highest BCUT2D eigenvalue weighted by molar-refractivity contribution is 9.10. The third-order valence-electron chi connectivity index (χ3n) is 2.97. The van der Waals surface area contributed by atoms with E-state index in [4.69, 9.17) is 15.6 Å². The van der Waals surface area contributed by atoms with Crippen molar-refractivity contribution >= 4 is 28.3 Å². The van der Waals surface area contributed by atoms with Crippen molar-refractivity contribution in [3.8, 4) is 5.75 Å². The number of benzene rings is 2. The molecule has 0 aliphatic heterocycles. The fraction of sp³-hybridized carbons (Fsp3) is 0.250. The van der Waals surface area contributed by atoms with E-state index in [2.05, 4.69) is 15.9 Å². The first-order chi connectivity index (χ1) is 9.67. The average Bonchev–Trinajstić information content (AvgIpc) is 2.48. The molecule has 5 heteroatoms. The molecule has 0 radical (unpaired) electrons. The molecular weight excluding hydrogens is 354 g/mol. The summed E-state index contributed by atoms with van der Waals surface area (Å²) >= 11 is 3.41. The quantitative estimate of drug-likeness (QED) is 0.818. The van der Waals surface area contributed by atoms with Crippen LogP contribution in [-0.2, 0) is 13.0 Å². The summed E-state index contributed by atoms with van der Waals surface area (Å²) in [5, 5.41) is 8.93. The van der Waals surface area contributed by atoms with Crippen molar-refractivity contribution in [3.63, 3.8) is 0 Å². The largest absolute Gasteiger partial charge is 0.489 e. The van der Waals surface area contributed by atoms with Gasteiger partial charge in [-0.05, 0) is 41.8 Å². The van der Waals surface area contributed by atoms with Gasteiger partial charge in [0.05, 0.1) is 6.61 Å². The third kappa shape index (κ3) is 6.06. The second kappa shape index (κ2) is 9.05. The molecule has 1 unspecified atom stereocenters. The third-order valence-corrected chi connectivity index (χ3v) is 3.50. The highest BCUT2D eigenvalue weighted by Gasteiger charge is 2.03. The summed E-state index contributed by atoms with van der Waals surface area (Å²) in [6, 6.07) is 15.7. The lowest BCUT2D eigenvalue weighted by Crippen LogP contribution is -2.26. The minimum Gasteiger partial charge on any atom is -0.489 e. The van der Waals surface area contributed by atoms with E-state index in [-0.39, 0.29) is 25.1 Å². The average molecular weight is 373 g/mol. The molecule has 21 heavy (non-hydrogen) atoms. The Bertz CT molecular complexity index is 531. The lowest BCUT2D eigenvalue weighted by molar-refractivity contribution is 0.265. The zero-order valence-electron chi connectivity index (χ0n) is 11.5. The van der Waals surface area contributed by atoms with Crippen molar-refractivity contribution in [3.05, 3.63) is 64.1 Å². The van der Waals surface area contributed by atoms with E-state index in [1.807, 2.05) is 48.5 Å². The highest BCUT2D eigenvalue weighted by Crippen LogP contribution is 2.16. The summed E-state index contributed by atoms with van der Waals surface area (Å²) in [6.45, 7) is 0.546. The molecule has 0 amide bonds. The van der Waals surface area contributed by atoms with Crippen LogP contribution in [0.2, 0.25) is 0 Å². The van der Waals surface area contributed by atoms with Crippen LogP contribution in [0.3, 0.4) is 0 Å². The van der Waals surface area contributed by atoms with Crippen LogP contribution in [0.1, 0.15) is 11.1 Å². The van der Waals surface area contributed by atoms with E-state index >= 15 is 0 Å².